The molecule has 1 rings (SSSR count). The lowest BCUT2D eigenvalue weighted by atomic mass is 10.3. The molecule has 0 aliphatic heterocycles. The molecule has 0 saturated carbocycles. The van der Waals surface area contributed by atoms with Gasteiger partial charge in [0.05, 0.1) is 23.9 Å². The van der Waals surface area contributed by atoms with Crippen molar-refractivity contribution in [1.29, 1.82) is 0 Å². The summed E-state index contributed by atoms with van der Waals surface area (Å²) in [5.41, 5.74) is 0.911. The summed E-state index contributed by atoms with van der Waals surface area (Å²) in [6, 6.07) is 1.86. The number of rotatable bonds is 8. The second-order valence-electron chi connectivity index (χ2n) is 3.24. The number of anilines is 1. The van der Waals surface area contributed by atoms with Crippen LogP contribution >= 0.6 is 11.6 Å². The molecule has 1 aromatic heterocycles. The maximum atomic E-state index is 5.93. The topological polar surface area (TPSA) is 43.4 Å². The zero-order valence-electron chi connectivity index (χ0n) is 9.41. The number of hydrogen-bond acceptors (Lipinski definition) is 4. The van der Waals surface area contributed by atoms with Crippen molar-refractivity contribution >= 4 is 17.3 Å². The first kappa shape index (κ1) is 13.2. The van der Waals surface area contributed by atoms with Crippen LogP contribution in [0.4, 0.5) is 5.69 Å². The predicted octanol–water partition coefficient (Wildman–Crippen LogP) is 2.20. The maximum Gasteiger partial charge on any atom is 0.0820 e. The Hall–Kier alpha value is -0.840. The predicted molar refractivity (Wildman–Crippen MR) is 65.0 cm³/mol. The molecule has 0 unspecified atom stereocenters. The maximum absolute atomic E-state index is 5.93. The van der Waals surface area contributed by atoms with Crippen LogP contribution in [0.3, 0.4) is 0 Å². The van der Waals surface area contributed by atoms with Gasteiger partial charge in [-0.15, -0.1) is 0 Å². The molecule has 0 atom stereocenters. The second-order valence-corrected chi connectivity index (χ2v) is 3.65. The van der Waals surface area contributed by atoms with E-state index in [1.54, 1.807) is 19.5 Å². The monoisotopic (exact) mass is 244 g/mol. The van der Waals surface area contributed by atoms with Gasteiger partial charge in [-0.25, -0.2) is 0 Å². The lowest BCUT2D eigenvalue weighted by molar-refractivity contribution is 0.0705. The SMILES string of the molecule is COCCOCCCNc1ccncc1Cl. The zero-order valence-corrected chi connectivity index (χ0v) is 10.2. The summed E-state index contributed by atoms with van der Waals surface area (Å²) >= 11 is 5.93. The van der Waals surface area contributed by atoms with Gasteiger partial charge in [-0.3, -0.25) is 4.98 Å². The van der Waals surface area contributed by atoms with Gasteiger partial charge in [-0.05, 0) is 12.5 Å². The molecule has 0 radical (unpaired) electrons. The molecule has 4 nitrogen and oxygen atoms in total. The molecule has 0 fully saturated rings. The average Bonchev–Trinajstić information content (AvgIpc) is 2.30. The van der Waals surface area contributed by atoms with Crippen LogP contribution in [-0.4, -0.2) is 38.5 Å². The summed E-state index contributed by atoms with van der Waals surface area (Å²) in [7, 11) is 1.66. The average molecular weight is 245 g/mol. The molecule has 1 aromatic rings. The van der Waals surface area contributed by atoms with Crippen molar-refractivity contribution in [2.75, 3.05) is 38.8 Å². The molecule has 16 heavy (non-hydrogen) atoms. The Balaban J connectivity index is 2.05. The fourth-order valence-electron chi connectivity index (χ4n) is 1.16. The van der Waals surface area contributed by atoms with E-state index in [4.69, 9.17) is 21.1 Å². The van der Waals surface area contributed by atoms with E-state index in [2.05, 4.69) is 10.3 Å². The van der Waals surface area contributed by atoms with Crippen LogP contribution < -0.4 is 5.32 Å². The van der Waals surface area contributed by atoms with Crippen LogP contribution in [0.15, 0.2) is 18.5 Å². The van der Waals surface area contributed by atoms with E-state index in [0.29, 0.717) is 18.2 Å². The van der Waals surface area contributed by atoms with Crippen molar-refractivity contribution in [3.05, 3.63) is 23.5 Å². The van der Waals surface area contributed by atoms with Gasteiger partial charge in [-0.1, -0.05) is 11.6 Å². The van der Waals surface area contributed by atoms with Crippen molar-refractivity contribution in [2.45, 2.75) is 6.42 Å². The van der Waals surface area contributed by atoms with Crippen LogP contribution in [0.5, 0.6) is 0 Å². The number of aromatic nitrogens is 1. The minimum atomic E-state index is 0.641. The highest BCUT2D eigenvalue weighted by atomic mass is 35.5. The minimum Gasteiger partial charge on any atom is -0.384 e. The Kier molecular flexibility index (Phi) is 6.88. The first-order valence-corrected chi connectivity index (χ1v) is 5.62. The Morgan fingerprint density at radius 3 is 3.00 bits per heavy atom. The molecule has 90 valence electrons. The van der Waals surface area contributed by atoms with Crippen LogP contribution in [0, 0.1) is 0 Å². The molecular weight excluding hydrogens is 228 g/mol. The molecule has 5 heteroatoms. The Morgan fingerprint density at radius 2 is 2.25 bits per heavy atom. The highest BCUT2D eigenvalue weighted by Gasteiger charge is 1.97. The van der Waals surface area contributed by atoms with E-state index >= 15 is 0 Å². The van der Waals surface area contributed by atoms with Gasteiger partial charge in [0.2, 0.25) is 0 Å². The van der Waals surface area contributed by atoms with Gasteiger partial charge in [0, 0.05) is 32.7 Å². The van der Waals surface area contributed by atoms with Gasteiger partial charge in [0.1, 0.15) is 0 Å². The van der Waals surface area contributed by atoms with Gasteiger partial charge in [0.25, 0.3) is 0 Å². The van der Waals surface area contributed by atoms with Crippen molar-refractivity contribution in [3.63, 3.8) is 0 Å². The molecule has 0 aliphatic rings. The van der Waals surface area contributed by atoms with Crippen molar-refractivity contribution in [1.82, 2.24) is 4.98 Å². The van der Waals surface area contributed by atoms with Crippen LogP contribution in [0.2, 0.25) is 5.02 Å². The standard InChI is InChI=1S/C11H17ClN2O2/c1-15-7-8-16-6-2-4-14-11-3-5-13-9-10(11)12/h3,5,9H,2,4,6-8H2,1H3,(H,13,14). The van der Waals surface area contributed by atoms with E-state index in [0.717, 1.165) is 25.3 Å². The number of nitrogens with zero attached hydrogens (tertiary/aromatic N) is 1. The molecule has 0 aromatic carbocycles. The lowest BCUT2D eigenvalue weighted by Crippen LogP contribution is -2.08. The fraction of sp³-hybridized carbons (Fsp3) is 0.545. The smallest absolute Gasteiger partial charge is 0.0820 e. The molecule has 0 saturated heterocycles. The molecule has 0 spiro atoms. The summed E-state index contributed by atoms with van der Waals surface area (Å²) in [4.78, 5) is 3.91. The molecule has 1 heterocycles. The normalized spacial score (nSPS) is 10.4. The number of ether oxygens (including phenoxy) is 2. The molecule has 0 amide bonds. The van der Waals surface area contributed by atoms with Gasteiger partial charge in [0.15, 0.2) is 0 Å². The third kappa shape index (κ3) is 5.30. The van der Waals surface area contributed by atoms with E-state index in [1.807, 2.05) is 6.07 Å². The minimum absolute atomic E-state index is 0.641. The van der Waals surface area contributed by atoms with E-state index in [-0.39, 0.29) is 0 Å². The number of hydrogen-bond donors (Lipinski definition) is 1. The largest absolute Gasteiger partial charge is 0.384 e. The Bertz CT molecular complexity index is 297. The Morgan fingerprint density at radius 1 is 1.38 bits per heavy atom. The lowest BCUT2D eigenvalue weighted by Gasteiger charge is -2.07. The first-order valence-electron chi connectivity index (χ1n) is 5.24. The third-order valence-corrected chi connectivity index (χ3v) is 2.29. The quantitative estimate of drug-likeness (QED) is 0.712. The summed E-state index contributed by atoms with van der Waals surface area (Å²) in [5.74, 6) is 0. The van der Waals surface area contributed by atoms with Gasteiger partial charge in [-0.2, -0.15) is 0 Å². The Labute approximate surface area is 101 Å². The molecule has 0 bridgehead atoms. The van der Waals surface area contributed by atoms with E-state index < -0.39 is 0 Å². The fourth-order valence-corrected chi connectivity index (χ4v) is 1.35. The highest BCUT2D eigenvalue weighted by molar-refractivity contribution is 6.33. The van der Waals surface area contributed by atoms with E-state index in [9.17, 15) is 0 Å². The molecular formula is C11H17ClN2O2. The van der Waals surface area contributed by atoms with Crippen molar-refractivity contribution in [3.8, 4) is 0 Å². The van der Waals surface area contributed by atoms with Crippen LogP contribution in [0.25, 0.3) is 0 Å². The van der Waals surface area contributed by atoms with Gasteiger partial charge < -0.3 is 14.8 Å². The molecule has 1 N–H and O–H groups in total. The number of pyridine rings is 1. The van der Waals surface area contributed by atoms with Gasteiger partial charge >= 0.3 is 0 Å². The number of halogens is 1. The summed E-state index contributed by atoms with van der Waals surface area (Å²) < 4.78 is 10.2. The number of methoxy groups -OCH3 is 1. The summed E-state index contributed by atoms with van der Waals surface area (Å²) in [6.45, 7) is 2.84. The molecule has 0 aliphatic carbocycles. The van der Waals surface area contributed by atoms with Crippen molar-refractivity contribution in [2.24, 2.45) is 0 Å². The number of nitrogens with one attached hydrogen (secondary N) is 1. The van der Waals surface area contributed by atoms with Crippen molar-refractivity contribution < 1.29 is 9.47 Å². The second kappa shape index (κ2) is 8.33. The van der Waals surface area contributed by atoms with Crippen LogP contribution in [-0.2, 0) is 9.47 Å². The first-order chi connectivity index (χ1) is 7.84. The highest BCUT2D eigenvalue weighted by Crippen LogP contribution is 2.18. The summed E-state index contributed by atoms with van der Waals surface area (Å²) in [5, 5.41) is 3.86. The zero-order chi connectivity index (χ0) is 11.6. The van der Waals surface area contributed by atoms with E-state index in [1.165, 1.54) is 0 Å². The summed E-state index contributed by atoms with van der Waals surface area (Å²) in [6.07, 6.45) is 4.27. The third-order valence-electron chi connectivity index (χ3n) is 1.99. The van der Waals surface area contributed by atoms with Crippen LogP contribution in [0.1, 0.15) is 6.42 Å².